The average Bonchev–Trinajstić information content (AvgIpc) is 2.92. The number of anilines is 1. The van der Waals surface area contributed by atoms with Gasteiger partial charge in [0.1, 0.15) is 5.82 Å². The Kier molecular flexibility index (Phi) is 4.87. The van der Waals surface area contributed by atoms with Crippen molar-refractivity contribution in [1.29, 1.82) is 0 Å². The number of hydrogen-bond acceptors (Lipinski definition) is 3. The minimum atomic E-state index is -0.438. The number of amides is 1. The topological polar surface area (TPSA) is 55.4 Å². The van der Waals surface area contributed by atoms with Gasteiger partial charge in [-0.2, -0.15) is 0 Å². The Balaban J connectivity index is 1.70. The molecule has 1 atom stereocenters. The fourth-order valence-electron chi connectivity index (χ4n) is 2.01. The predicted molar refractivity (Wildman–Crippen MR) is 72.5 cm³/mol. The second-order valence-electron chi connectivity index (χ2n) is 4.69. The Morgan fingerprint density at radius 2 is 2.05 bits per heavy atom. The van der Waals surface area contributed by atoms with Crippen molar-refractivity contribution >= 4 is 17.6 Å². The fraction of sp³-hybridized carbons (Fsp3) is 0.333. The minimum Gasteiger partial charge on any atom is -0.456 e. The SMILES string of the molecule is O=C(COC(=O)C[C@H]1C=CCC1)Nc1ccc(F)cc1. The third-order valence-corrected chi connectivity index (χ3v) is 3.03. The van der Waals surface area contributed by atoms with Gasteiger partial charge in [-0.25, -0.2) is 4.39 Å². The van der Waals surface area contributed by atoms with Crippen LogP contribution in [-0.4, -0.2) is 18.5 Å². The first-order chi connectivity index (χ1) is 9.63. The highest BCUT2D eigenvalue weighted by Gasteiger charge is 2.15. The number of carbonyl (C=O) groups excluding carboxylic acids is 2. The van der Waals surface area contributed by atoms with Crippen molar-refractivity contribution in [3.63, 3.8) is 0 Å². The van der Waals surface area contributed by atoms with E-state index in [4.69, 9.17) is 4.74 Å². The van der Waals surface area contributed by atoms with Gasteiger partial charge in [-0.15, -0.1) is 0 Å². The van der Waals surface area contributed by atoms with E-state index >= 15 is 0 Å². The van der Waals surface area contributed by atoms with E-state index in [1.807, 2.05) is 12.2 Å². The molecule has 106 valence electrons. The van der Waals surface area contributed by atoms with Crippen LogP contribution < -0.4 is 5.32 Å². The van der Waals surface area contributed by atoms with Crippen LogP contribution in [0.1, 0.15) is 19.3 Å². The van der Waals surface area contributed by atoms with E-state index < -0.39 is 5.91 Å². The first-order valence-corrected chi connectivity index (χ1v) is 6.51. The van der Waals surface area contributed by atoms with Gasteiger partial charge in [0.15, 0.2) is 6.61 Å². The lowest BCUT2D eigenvalue weighted by Gasteiger charge is -2.08. The quantitative estimate of drug-likeness (QED) is 0.665. The zero-order valence-electron chi connectivity index (χ0n) is 11.0. The number of esters is 1. The lowest BCUT2D eigenvalue weighted by atomic mass is 10.1. The number of allylic oxidation sites excluding steroid dienone is 2. The first-order valence-electron chi connectivity index (χ1n) is 6.51. The average molecular weight is 277 g/mol. The largest absolute Gasteiger partial charge is 0.456 e. The molecule has 1 aliphatic rings. The molecule has 20 heavy (non-hydrogen) atoms. The van der Waals surface area contributed by atoms with E-state index in [0.29, 0.717) is 12.1 Å². The maximum atomic E-state index is 12.7. The molecule has 0 bridgehead atoms. The first kappa shape index (κ1) is 14.2. The van der Waals surface area contributed by atoms with Crippen LogP contribution in [0.4, 0.5) is 10.1 Å². The monoisotopic (exact) mass is 277 g/mol. The molecule has 0 saturated carbocycles. The van der Waals surface area contributed by atoms with Crippen molar-refractivity contribution in [1.82, 2.24) is 0 Å². The number of carbonyl (C=O) groups is 2. The molecule has 1 N–H and O–H groups in total. The van der Waals surface area contributed by atoms with E-state index in [9.17, 15) is 14.0 Å². The molecule has 5 heteroatoms. The van der Waals surface area contributed by atoms with Crippen LogP contribution in [0.3, 0.4) is 0 Å². The summed E-state index contributed by atoms with van der Waals surface area (Å²) in [7, 11) is 0. The Bertz CT molecular complexity index is 510. The summed E-state index contributed by atoms with van der Waals surface area (Å²) in [5, 5.41) is 2.52. The molecule has 4 nitrogen and oxygen atoms in total. The molecule has 1 amide bonds. The van der Waals surface area contributed by atoms with Gasteiger partial charge in [0.25, 0.3) is 5.91 Å². The number of ether oxygens (including phenoxy) is 1. The number of benzene rings is 1. The van der Waals surface area contributed by atoms with Crippen LogP contribution in [0.15, 0.2) is 36.4 Å². The van der Waals surface area contributed by atoms with Crippen molar-refractivity contribution in [3.05, 3.63) is 42.2 Å². The van der Waals surface area contributed by atoms with Gasteiger partial charge in [0.2, 0.25) is 0 Å². The van der Waals surface area contributed by atoms with E-state index in [-0.39, 0.29) is 24.3 Å². The molecule has 1 aliphatic carbocycles. The Morgan fingerprint density at radius 3 is 2.70 bits per heavy atom. The molecule has 0 fully saturated rings. The summed E-state index contributed by atoms with van der Waals surface area (Å²) in [6.45, 7) is -0.327. The van der Waals surface area contributed by atoms with Crippen LogP contribution in [0.25, 0.3) is 0 Å². The van der Waals surface area contributed by atoms with Gasteiger partial charge in [0, 0.05) is 5.69 Å². The third kappa shape index (κ3) is 4.50. The van der Waals surface area contributed by atoms with E-state index in [0.717, 1.165) is 12.8 Å². The molecule has 0 aliphatic heterocycles. The van der Waals surface area contributed by atoms with Crippen molar-refractivity contribution in [2.45, 2.75) is 19.3 Å². The number of rotatable bonds is 5. The maximum Gasteiger partial charge on any atom is 0.306 e. The van der Waals surface area contributed by atoms with Crippen molar-refractivity contribution in [3.8, 4) is 0 Å². The minimum absolute atomic E-state index is 0.225. The zero-order valence-corrected chi connectivity index (χ0v) is 11.0. The van der Waals surface area contributed by atoms with Crippen molar-refractivity contribution in [2.24, 2.45) is 5.92 Å². The van der Waals surface area contributed by atoms with Crippen LogP contribution in [0.5, 0.6) is 0 Å². The van der Waals surface area contributed by atoms with Gasteiger partial charge < -0.3 is 10.1 Å². The van der Waals surface area contributed by atoms with Gasteiger partial charge in [-0.3, -0.25) is 9.59 Å². The fourth-order valence-corrected chi connectivity index (χ4v) is 2.01. The molecule has 0 heterocycles. The van der Waals surface area contributed by atoms with Gasteiger partial charge in [-0.1, -0.05) is 12.2 Å². The lowest BCUT2D eigenvalue weighted by molar-refractivity contribution is -0.147. The summed E-state index contributed by atoms with van der Waals surface area (Å²) < 4.78 is 17.6. The molecule has 1 aromatic rings. The molecule has 0 aromatic heterocycles. The van der Waals surface area contributed by atoms with Crippen LogP contribution in [-0.2, 0) is 14.3 Å². The lowest BCUT2D eigenvalue weighted by Crippen LogP contribution is -2.21. The summed E-state index contributed by atoms with van der Waals surface area (Å²) in [5.41, 5.74) is 0.464. The molecule has 0 radical (unpaired) electrons. The third-order valence-electron chi connectivity index (χ3n) is 3.03. The van der Waals surface area contributed by atoms with E-state index in [1.54, 1.807) is 0 Å². The van der Waals surface area contributed by atoms with E-state index in [1.165, 1.54) is 24.3 Å². The van der Waals surface area contributed by atoms with E-state index in [2.05, 4.69) is 5.32 Å². The molecule has 1 aromatic carbocycles. The van der Waals surface area contributed by atoms with Gasteiger partial charge in [0.05, 0.1) is 6.42 Å². The van der Waals surface area contributed by atoms with Gasteiger partial charge in [-0.05, 0) is 43.0 Å². The summed E-state index contributed by atoms with van der Waals surface area (Å²) in [6.07, 6.45) is 6.29. The molecule has 0 spiro atoms. The molecule has 2 rings (SSSR count). The highest BCUT2D eigenvalue weighted by molar-refractivity contribution is 5.92. The maximum absolute atomic E-state index is 12.7. The standard InChI is InChI=1S/C15H16FNO3/c16-12-5-7-13(8-6-12)17-14(18)10-20-15(19)9-11-3-1-2-4-11/h1,3,5-8,11H,2,4,9-10H2,(H,17,18)/t11-/m0/s1. The van der Waals surface area contributed by atoms with Crippen molar-refractivity contribution < 1.29 is 18.7 Å². The smallest absolute Gasteiger partial charge is 0.306 e. The highest BCUT2D eigenvalue weighted by atomic mass is 19.1. The zero-order chi connectivity index (χ0) is 14.4. The normalized spacial score (nSPS) is 16.9. The number of nitrogens with one attached hydrogen (secondary N) is 1. The summed E-state index contributed by atoms with van der Waals surface area (Å²) >= 11 is 0. The molecule has 0 saturated heterocycles. The molecular formula is C15H16FNO3. The Hall–Kier alpha value is -2.17. The Morgan fingerprint density at radius 1 is 1.30 bits per heavy atom. The number of halogens is 1. The molecular weight excluding hydrogens is 261 g/mol. The van der Waals surface area contributed by atoms with Gasteiger partial charge >= 0.3 is 5.97 Å². The predicted octanol–water partition coefficient (Wildman–Crippen LogP) is 2.66. The summed E-state index contributed by atoms with van der Waals surface area (Å²) in [6, 6.07) is 5.37. The highest BCUT2D eigenvalue weighted by Crippen LogP contribution is 2.20. The molecule has 0 unspecified atom stereocenters. The summed E-state index contributed by atoms with van der Waals surface area (Å²) in [4.78, 5) is 23.1. The second kappa shape index (κ2) is 6.84. The number of hydrogen-bond donors (Lipinski definition) is 1. The Labute approximate surface area is 116 Å². The second-order valence-corrected chi connectivity index (χ2v) is 4.69. The van der Waals surface area contributed by atoms with Crippen LogP contribution in [0.2, 0.25) is 0 Å². The van der Waals surface area contributed by atoms with Crippen LogP contribution in [0, 0.1) is 11.7 Å². The van der Waals surface area contributed by atoms with Crippen molar-refractivity contribution in [2.75, 3.05) is 11.9 Å². The summed E-state index contributed by atoms with van der Waals surface area (Å²) in [5.74, 6) is -0.968. The van der Waals surface area contributed by atoms with Crippen LogP contribution >= 0.6 is 0 Å².